The molecule has 2 rings (SSSR count). The first-order valence-electron chi connectivity index (χ1n) is 11.3. The molecule has 34 heavy (non-hydrogen) atoms. The highest BCUT2D eigenvalue weighted by molar-refractivity contribution is 7.92. The number of amides is 2. The summed E-state index contributed by atoms with van der Waals surface area (Å²) in [5.74, 6) is -1.48. The van der Waals surface area contributed by atoms with Crippen molar-refractivity contribution in [2.24, 2.45) is 0 Å². The molecule has 2 aromatic carbocycles. The molecule has 2 amide bonds. The van der Waals surface area contributed by atoms with Crippen molar-refractivity contribution in [2.75, 3.05) is 23.7 Å². The topological polar surface area (TPSA) is 86.8 Å². The Morgan fingerprint density at radius 2 is 1.65 bits per heavy atom. The number of nitrogens with one attached hydrogen (secondary N) is 1. The Hall–Kier alpha value is -2.94. The highest BCUT2D eigenvalue weighted by Crippen LogP contribution is 2.29. The quantitative estimate of drug-likeness (QED) is 0.520. The van der Waals surface area contributed by atoms with Gasteiger partial charge in [-0.05, 0) is 37.0 Å². The van der Waals surface area contributed by atoms with E-state index in [2.05, 4.69) is 5.32 Å². The Kier molecular flexibility index (Phi) is 9.61. The van der Waals surface area contributed by atoms with Crippen LogP contribution in [-0.2, 0) is 26.2 Å². The Balaban J connectivity index is 2.45. The van der Waals surface area contributed by atoms with Gasteiger partial charge in [0, 0.05) is 18.7 Å². The van der Waals surface area contributed by atoms with Gasteiger partial charge in [0.05, 0.1) is 11.9 Å². The lowest BCUT2D eigenvalue weighted by atomic mass is 10.0. The molecule has 1 atom stereocenters. The van der Waals surface area contributed by atoms with E-state index in [1.165, 1.54) is 23.1 Å². The summed E-state index contributed by atoms with van der Waals surface area (Å²) in [4.78, 5) is 27.4. The fourth-order valence-corrected chi connectivity index (χ4v) is 4.45. The monoisotopic (exact) mass is 491 g/mol. The minimum absolute atomic E-state index is 0.0174. The molecule has 0 aliphatic rings. The maximum Gasteiger partial charge on any atom is 0.244 e. The van der Waals surface area contributed by atoms with E-state index >= 15 is 0 Å². The Bertz CT molecular complexity index is 1100. The predicted molar refractivity (Wildman–Crippen MR) is 132 cm³/mol. The highest BCUT2D eigenvalue weighted by Gasteiger charge is 2.31. The second-order valence-corrected chi connectivity index (χ2v) is 10.5. The molecule has 0 aliphatic heterocycles. The van der Waals surface area contributed by atoms with Crippen LogP contribution in [0.25, 0.3) is 0 Å². The second-order valence-electron chi connectivity index (χ2n) is 8.56. The molecule has 1 N–H and O–H groups in total. The molecule has 0 spiro atoms. The molecule has 1 unspecified atom stereocenters. The van der Waals surface area contributed by atoms with Gasteiger partial charge >= 0.3 is 0 Å². The molecular weight excluding hydrogens is 457 g/mol. The molecule has 9 heteroatoms. The van der Waals surface area contributed by atoms with Crippen LogP contribution in [0.15, 0.2) is 48.5 Å². The lowest BCUT2D eigenvalue weighted by Crippen LogP contribution is -2.51. The normalized spacial score (nSPS) is 12.3. The van der Waals surface area contributed by atoms with Gasteiger partial charge in [-0.1, -0.05) is 57.2 Å². The third-order valence-corrected chi connectivity index (χ3v) is 6.65. The summed E-state index contributed by atoms with van der Waals surface area (Å²) in [5.41, 5.74) is 1.41. The summed E-state index contributed by atoms with van der Waals surface area (Å²) in [5, 5.41) is 2.75. The van der Waals surface area contributed by atoms with E-state index in [4.69, 9.17) is 0 Å². The zero-order valence-electron chi connectivity index (χ0n) is 20.4. The number of hydrogen-bond acceptors (Lipinski definition) is 4. The molecule has 0 radical (unpaired) electrons. The first-order valence-corrected chi connectivity index (χ1v) is 13.2. The van der Waals surface area contributed by atoms with E-state index in [-0.39, 0.29) is 23.9 Å². The first kappa shape index (κ1) is 27.3. The fourth-order valence-electron chi connectivity index (χ4n) is 3.59. The third-order valence-electron chi connectivity index (χ3n) is 5.52. The van der Waals surface area contributed by atoms with E-state index in [1.54, 1.807) is 25.1 Å². The van der Waals surface area contributed by atoms with Gasteiger partial charge in [0.25, 0.3) is 0 Å². The van der Waals surface area contributed by atoms with Gasteiger partial charge in [0.15, 0.2) is 0 Å². The summed E-state index contributed by atoms with van der Waals surface area (Å²) in [6.07, 6.45) is 1.75. The van der Waals surface area contributed by atoms with Gasteiger partial charge in [0.1, 0.15) is 18.4 Å². The van der Waals surface area contributed by atoms with Crippen molar-refractivity contribution < 1.29 is 22.4 Å². The number of nitrogens with zero attached hydrogens (tertiary/aromatic N) is 2. The second kappa shape index (κ2) is 12.0. The Morgan fingerprint density at radius 1 is 1.03 bits per heavy atom. The van der Waals surface area contributed by atoms with Crippen LogP contribution in [0, 0.1) is 5.82 Å². The van der Waals surface area contributed by atoms with Crippen molar-refractivity contribution in [3.05, 3.63) is 65.5 Å². The molecule has 0 heterocycles. The van der Waals surface area contributed by atoms with Crippen LogP contribution < -0.4 is 9.62 Å². The van der Waals surface area contributed by atoms with Crippen LogP contribution in [0.3, 0.4) is 0 Å². The van der Waals surface area contributed by atoms with Crippen molar-refractivity contribution in [3.63, 3.8) is 0 Å². The zero-order chi connectivity index (χ0) is 25.5. The number of anilines is 1. The number of sulfonamides is 1. The minimum Gasteiger partial charge on any atom is -0.354 e. The minimum atomic E-state index is -3.83. The number of benzene rings is 2. The SMILES string of the molecule is CCCNC(=O)C(C)N(Cc1ccccc1F)C(=O)CN(c1ccccc1C(C)C)S(C)(=O)=O. The summed E-state index contributed by atoms with van der Waals surface area (Å²) < 4.78 is 40.9. The van der Waals surface area contributed by atoms with E-state index in [9.17, 15) is 22.4 Å². The molecule has 7 nitrogen and oxygen atoms in total. The molecule has 0 aromatic heterocycles. The van der Waals surface area contributed by atoms with Gasteiger partial charge in [-0.25, -0.2) is 12.8 Å². The van der Waals surface area contributed by atoms with Crippen molar-refractivity contribution in [3.8, 4) is 0 Å². The number of carbonyl (C=O) groups is 2. The maximum atomic E-state index is 14.4. The first-order chi connectivity index (χ1) is 16.0. The van der Waals surface area contributed by atoms with Crippen molar-refractivity contribution >= 4 is 27.5 Å². The fraction of sp³-hybridized carbons (Fsp3) is 0.440. The van der Waals surface area contributed by atoms with Crippen LogP contribution in [0.2, 0.25) is 0 Å². The number of para-hydroxylation sites is 1. The Labute approximate surface area is 202 Å². The molecule has 0 bridgehead atoms. The van der Waals surface area contributed by atoms with Gasteiger partial charge in [-0.3, -0.25) is 13.9 Å². The van der Waals surface area contributed by atoms with Crippen molar-refractivity contribution in [1.82, 2.24) is 10.2 Å². The number of halogens is 1. The molecule has 0 saturated heterocycles. The van der Waals surface area contributed by atoms with Crippen LogP contribution in [0.4, 0.5) is 10.1 Å². The summed E-state index contributed by atoms with van der Waals surface area (Å²) >= 11 is 0. The van der Waals surface area contributed by atoms with Crippen LogP contribution in [-0.4, -0.2) is 50.5 Å². The van der Waals surface area contributed by atoms with Gasteiger partial charge in [-0.15, -0.1) is 0 Å². The number of carbonyl (C=O) groups excluding carboxylic acids is 2. The maximum absolute atomic E-state index is 14.4. The standard InChI is InChI=1S/C25H34FN3O4S/c1-6-15-27-25(31)19(4)28(16-20-11-7-9-13-22(20)26)24(30)17-29(34(5,32)33)23-14-10-8-12-21(23)18(2)3/h7-14,18-19H,6,15-17H2,1-5H3,(H,27,31). The van der Waals surface area contributed by atoms with E-state index in [1.807, 2.05) is 32.9 Å². The lowest BCUT2D eigenvalue weighted by Gasteiger charge is -2.32. The zero-order valence-corrected chi connectivity index (χ0v) is 21.2. The largest absolute Gasteiger partial charge is 0.354 e. The third kappa shape index (κ3) is 7.03. The molecule has 2 aromatic rings. The molecule has 0 aliphatic carbocycles. The van der Waals surface area contributed by atoms with Gasteiger partial charge in [-0.2, -0.15) is 0 Å². The summed E-state index contributed by atoms with van der Waals surface area (Å²) in [7, 11) is -3.83. The lowest BCUT2D eigenvalue weighted by molar-refractivity contribution is -0.139. The summed E-state index contributed by atoms with van der Waals surface area (Å²) in [6, 6.07) is 12.1. The molecule has 186 valence electrons. The molecule has 0 saturated carbocycles. The van der Waals surface area contributed by atoms with Crippen LogP contribution >= 0.6 is 0 Å². The van der Waals surface area contributed by atoms with Crippen LogP contribution in [0.1, 0.15) is 51.2 Å². The smallest absolute Gasteiger partial charge is 0.244 e. The molecule has 0 fully saturated rings. The van der Waals surface area contributed by atoms with E-state index in [0.717, 1.165) is 16.1 Å². The summed E-state index contributed by atoms with van der Waals surface area (Å²) in [6.45, 7) is 7.08. The average Bonchev–Trinajstić information content (AvgIpc) is 2.79. The number of hydrogen-bond donors (Lipinski definition) is 1. The Morgan fingerprint density at radius 3 is 2.24 bits per heavy atom. The van der Waals surface area contributed by atoms with Gasteiger partial charge in [0.2, 0.25) is 21.8 Å². The van der Waals surface area contributed by atoms with Gasteiger partial charge < -0.3 is 10.2 Å². The molecular formula is C25H34FN3O4S. The van der Waals surface area contributed by atoms with Crippen molar-refractivity contribution in [1.29, 1.82) is 0 Å². The predicted octanol–water partition coefficient (Wildman–Crippen LogP) is 3.66. The van der Waals surface area contributed by atoms with Crippen molar-refractivity contribution in [2.45, 2.75) is 52.6 Å². The van der Waals surface area contributed by atoms with E-state index in [0.29, 0.717) is 18.7 Å². The number of rotatable bonds is 11. The van der Waals surface area contributed by atoms with Crippen LogP contribution in [0.5, 0.6) is 0 Å². The highest BCUT2D eigenvalue weighted by atomic mass is 32.2. The average molecular weight is 492 g/mol. The van der Waals surface area contributed by atoms with E-state index < -0.39 is 34.3 Å².